The summed E-state index contributed by atoms with van der Waals surface area (Å²) in [6, 6.07) is 6.20. The molecule has 4 aromatic heterocycles. The number of aromatic nitrogens is 5. The van der Waals surface area contributed by atoms with Gasteiger partial charge in [0.2, 0.25) is 0 Å². The molecule has 5 nitrogen and oxygen atoms in total. The van der Waals surface area contributed by atoms with Gasteiger partial charge in [-0.3, -0.25) is 4.98 Å². The Kier molecular flexibility index (Phi) is 2.89. The molecule has 0 aliphatic carbocycles. The van der Waals surface area contributed by atoms with Gasteiger partial charge in [0.25, 0.3) is 0 Å². The maximum absolute atomic E-state index is 4.69. The van der Waals surface area contributed by atoms with E-state index < -0.39 is 0 Å². The molecule has 0 N–H and O–H groups in total. The molecule has 4 rings (SSSR count). The second-order valence-corrected chi connectivity index (χ2v) is 6.11. The first-order valence-corrected chi connectivity index (χ1v) is 7.60. The van der Waals surface area contributed by atoms with Crippen molar-refractivity contribution in [1.29, 1.82) is 0 Å². The zero-order valence-corrected chi connectivity index (χ0v) is 12.3. The van der Waals surface area contributed by atoms with E-state index in [-0.39, 0.29) is 0 Å². The molecule has 4 aromatic rings. The molecule has 0 aromatic carbocycles. The summed E-state index contributed by atoms with van der Waals surface area (Å²) >= 11 is 1.72. The Hall–Kier alpha value is -2.34. The molecular weight excluding hydrogens is 282 g/mol. The van der Waals surface area contributed by atoms with Crippen LogP contribution in [0.3, 0.4) is 0 Å². The summed E-state index contributed by atoms with van der Waals surface area (Å²) in [4.78, 5) is 13.2. The highest BCUT2D eigenvalue weighted by atomic mass is 32.1. The zero-order chi connectivity index (χ0) is 14.2. The number of rotatable bonds is 3. The smallest absolute Gasteiger partial charge is 0.155 e. The van der Waals surface area contributed by atoms with E-state index in [1.807, 2.05) is 25.4 Å². The summed E-state index contributed by atoms with van der Waals surface area (Å²) in [5.41, 5.74) is 4.20. The van der Waals surface area contributed by atoms with Gasteiger partial charge in [-0.1, -0.05) is 0 Å². The minimum Gasteiger partial charge on any atom is -0.260 e. The number of fused-ring (bicyclic) bond motifs is 2. The highest BCUT2D eigenvalue weighted by Gasteiger charge is 2.06. The first kappa shape index (κ1) is 12.4. The molecule has 0 fully saturated rings. The van der Waals surface area contributed by atoms with Crippen LogP contribution in [0.15, 0.2) is 36.9 Å². The van der Waals surface area contributed by atoms with E-state index in [0.717, 1.165) is 39.4 Å². The SMILES string of the molecule is Cc1cc2nc(CCc3ccn4ncnc4c3)sc2cn1. The zero-order valence-electron chi connectivity index (χ0n) is 11.5. The second-order valence-electron chi connectivity index (χ2n) is 5.00. The third-order valence-electron chi connectivity index (χ3n) is 3.43. The maximum Gasteiger partial charge on any atom is 0.155 e. The minimum absolute atomic E-state index is 0.886. The third-order valence-corrected chi connectivity index (χ3v) is 4.49. The Morgan fingerprint density at radius 3 is 3.10 bits per heavy atom. The van der Waals surface area contributed by atoms with Gasteiger partial charge in [-0.2, -0.15) is 5.10 Å². The predicted octanol–water partition coefficient (Wildman–Crippen LogP) is 2.83. The molecule has 0 saturated heterocycles. The van der Waals surface area contributed by atoms with Crippen LogP contribution in [-0.4, -0.2) is 24.6 Å². The fraction of sp³-hybridized carbons (Fsp3) is 0.200. The molecule has 104 valence electrons. The maximum atomic E-state index is 4.69. The Morgan fingerprint density at radius 2 is 2.14 bits per heavy atom. The number of aryl methyl sites for hydroxylation is 3. The van der Waals surface area contributed by atoms with Crippen LogP contribution in [0.5, 0.6) is 0 Å². The van der Waals surface area contributed by atoms with Crippen molar-refractivity contribution in [2.24, 2.45) is 0 Å². The van der Waals surface area contributed by atoms with Crippen molar-refractivity contribution in [3.63, 3.8) is 0 Å². The summed E-state index contributed by atoms with van der Waals surface area (Å²) in [5, 5.41) is 5.26. The summed E-state index contributed by atoms with van der Waals surface area (Å²) < 4.78 is 2.93. The first-order valence-electron chi connectivity index (χ1n) is 6.78. The summed E-state index contributed by atoms with van der Waals surface area (Å²) in [7, 11) is 0. The van der Waals surface area contributed by atoms with E-state index in [1.54, 1.807) is 22.2 Å². The van der Waals surface area contributed by atoms with Gasteiger partial charge in [0.15, 0.2) is 5.65 Å². The summed E-state index contributed by atoms with van der Waals surface area (Å²) in [6.07, 6.45) is 7.32. The summed E-state index contributed by atoms with van der Waals surface area (Å²) in [6.45, 7) is 1.99. The van der Waals surface area contributed by atoms with Gasteiger partial charge in [-0.05, 0) is 37.1 Å². The van der Waals surface area contributed by atoms with E-state index >= 15 is 0 Å². The Balaban J connectivity index is 1.56. The van der Waals surface area contributed by atoms with Crippen LogP contribution in [0.1, 0.15) is 16.3 Å². The van der Waals surface area contributed by atoms with Gasteiger partial charge in [0, 0.05) is 24.5 Å². The highest BCUT2D eigenvalue weighted by Crippen LogP contribution is 2.23. The van der Waals surface area contributed by atoms with E-state index in [1.165, 1.54) is 5.56 Å². The Morgan fingerprint density at radius 1 is 1.19 bits per heavy atom. The Labute approximate surface area is 125 Å². The fourth-order valence-corrected chi connectivity index (χ4v) is 3.27. The lowest BCUT2D eigenvalue weighted by Crippen LogP contribution is -1.93. The number of thiazole rings is 1. The molecule has 0 spiro atoms. The van der Waals surface area contributed by atoms with Crippen LogP contribution in [0.25, 0.3) is 15.9 Å². The topological polar surface area (TPSA) is 56.0 Å². The Bertz CT molecular complexity index is 924. The van der Waals surface area contributed by atoms with Gasteiger partial charge >= 0.3 is 0 Å². The molecule has 0 radical (unpaired) electrons. The normalized spacial score (nSPS) is 11.5. The van der Waals surface area contributed by atoms with E-state index in [4.69, 9.17) is 0 Å². The van der Waals surface area contributed by atoms with E-state index in [0.29, 0.717) is 0 Å². The lowest BCUT2D eigenvalue weighted by molar-refractivity contribution is 0.920. The van der Waals surface area contributed by atoms with Gasteiger partial charge in [0.1, 0.15) is 6.33 Å². The van der Waals surface area contributed by atoms with Crippen molar-refractivity contribution in [3.8, 4) is 0 Å². The average Bonchev–Trinajstić information content (AvgIpc) is 3.09. The number of hydrogen-bond donors (Lipinski definition) is 0. The van der Waals surface area contributed by atoms with Gasteiger partial charge in [-0.25, -0.2) is 14.5 Å². The van der Waals surface area contributed by atoms with E-state index in [9.17, 15) is 0 Å². The van der Waals surface area contributed by atoms with Crippen molar-refractivity contribution in [2.45, 2.75) is 19.8 Å². The third kappa shape index (κ3) is 2.38. The van der Waals surface area contributed by atoms with E-state index in [2.05, 4.69) is 32.2 Å². The molecular formula is C15H13N5S. The number of pyridine rings is 2. The van der Waals surface area contributed by atoms with Crippen LogP contribution in [0, 0.1) is 6.92 Å². The first-order chi connectivity index (χ1) is 10.3. The lowest BCUT2D eigenvalue weighted by Gasteiger charge is -1.99. The van der Waals surface area contributed by atoms with Crippen LogP contribution < -0.4 is 0 Å². The molecule has 6 heteroatoms. The quantitative estimate of drug-likeness (QED) is 0.583. The molecule has 0 aliphatic heterocycles. The van der Waals surface area contributed by atoms with Gasteiger partial charge in [-0.15, -0.1) is 11.3 Å². The fourth-order valence-electron chi connectivity index (χ4n) is 2.35. The molecule has 0 bridgehead atoms. The van der Waals surface area contributed by atoms with Gasteiger partial charge < -0.3 is 0 Å². The highest BCUT2D eigenvalue weighted by molar-refractivity contribution is 7.18. The molecule has 0 unspecified atom stereocenters. The van der Waals surface area contributed by atoms with Crippen LogP contribution >= 0.6 is 11.3 Å². The molecule has 4 heterocycles. The molecule has 0 saturated carbocycles. The summed E-state index contributed by atoms with van der Waals surface area (Å²) in [5.74, 6) is 0. The van der Waals surface area contributed by atoms with Crippen LogP contribution in [0.2, 0.25) is 0 Å². The molecule has 0 aliphatic rings. The number of hydrogen-bond acceptors (Lipinski definition) is 5. The standard InChI is InChI=1S/C15H13N5S/c1-10-6-12-13(8-16-10)21-15(19-12)3-2-11-4-5-20-14(7-11)17-9-18-20/h4-9H,2-3H2,1H3. The van der Waals surface area contributed by atoms with Crippen molar-refractivity contribution >= 4 is 27.2 Å². The minimum atomic E-state index is 0.886. The van der Waals surface area contributed by atoms with Crippen LogP contribution in [-0.2, 0) is 12.8 Å². The second kappa shape index (κ2) is 4.89. The van der Waals surface area contributed by atoms with Gasteiger partial charge in [0.05, 0.1) is 15.2 Å². The molecule has 0 amide bonds. The molecule has 21 heavy (non-hydrogen) atoms. The monoisotopic (exact) mass is 295 g/mol. The lowest BCUT2D eigenvalue weighted by atomic mass is 10.1. The van der Waals surface area contributed by atoms with Crippen molar-refractivity contribution in [2.75, 3.05) is 0 Å². The van der Waals surface area contributed by atoms with Crippen molar-refractivity contribution in [3.05, 3.63) is 53.2 Å². The van der Waals surface area contributed by atoms with Crippen molar-refractivity contribution in [1.82, 2.24) is 24.6 Å². The predicted molar refractivity (Wildman–Crippen MR) is 82.5 cm³/mol. The van der Waals surface area contributed by atoms with Crippen molar-refractivity contribution < 1.29 is 0 Å². The van der Waals surface area contributed by atoms with Crippen LogP contribution in [0.4, 0.5) is 0 Å². The average molecular weight is 295 g/mol. The largest absolute Gasteiger partial charge is 0.260 e. The number of nitrogens with zero attached hydrogens (tertiary/aromatic N) is 5. The molecule has 0 atom stereocenters.